The zero-order valence-corrected chi connectivity index (χ0v) is 19.8. The monoisotopic (exact) mass is 538 g/mol. The quantitative estimate of drug-likeness (QED) is 0.252. The molecule has 1 atom stereocenters. The van der Waals surface area contributed by atoms with Crippen molar-refractivity contribution in [1.29, 1.82) is 5.26 Å². The third kappa shape index (κ3) is 7.07. The fraction of sp³-hybridized carbons (Fsp3) is 0.240. The first kappa shape index (κ1) is 27.7. The van der Waals surface area contributed by atoms with Crippen molar-refractivity contribution in [2.45, 2.75) is 30.9 Å². The summed E-state index contributed by atoms with van der Waals surface area (Å²) in [5.74, 6) is -1.98. The van der Waals surface area contributed by atoms with Gasteiger partial charge < -0.3 is 15.4 Å². The molecular formula is C25H20ClF5N4O2. The molecule has 12 heteroatoms. The molecule has 6 nitrogen and oxygen atoms in total. The molecule has 0 bridgehead atoms. The van der Waals surface area contributed by atoms with E-state index in [0.29, 0.717) is 11.6 Å². The van der Waals surface area contributed by atoms with Crippen LogP contribution in [0.5, 0.6) is 5.75 Å². The van der Waals surface area contributed by atoms with E-state index in [0.717, 1.165) is 12.1 Å². The Morgan fingerprint density at radius 3 is 2.49 bits per heavy atom. The molecule has 1 heterocycles. The Hall–Kier alpha value is -3.91. The van der Waals surface area contributed by atoms with Crippen LogP contribution in [0.4, 0.5) is 26.7 Å². The van der Waals surface area contributed by atoms with Gasteiger partial charge in [-0.2, -0.15) is 22.8 Å². The van der Waals surface area contributed by atoms with Crippen molar-refractivity contribution in [3.63, 3.8) is 0 Å². The van der Waals surface area contributed by atoms with Gasteiger partial charge in [-0.15, -0.1) is 0 Å². The second kappa shape index (κ2) is 11.9. The number of amides is 2. The van der Waals surface area contributed by atoms with E-state index in [-0.39, 0.29) is 35.7 Å². The summed E-state index contributed by atoms with van der Waals surface area (Å²) in [6.07, 6.45) is -7.86. The number of ether oxygens (including phenoxy) is 1. The van der Waals surface area contributed by atoms with Gasteiger partial charge in [0.05, 0.1) is 23.2 Å². The second-order valence-electron chi connectivity index (χ2n) is 7.86. The lowest BCUT2D eigenvalue weighted by Gasteiger charge is -2.35. The molecular weight excluding hydrogens is 519 g/mol. The zero-order chi connectivity index (χ0) is 27.1. The Morgan fingerprint density at radius 1 is 1.14 bits per heavy atom. The third-order valence-electron chi connectivity index (χ3n) is 5.20. The van der Waals surface area contributed by atoms with Crippen LogP contribution in [0.1, 0.15) is 23.2 Å². The summed E-state index contributed by atoms with van der Waals surface area (Å²) in [6, 6.07) is 15.0. The van der Waals surface area contributed by atoms with Crippen LogP contribution < -0.4 is 15.4 Å². The first-order valence-corrected chi connectivity index (χ1v) is 11.2. The van der Waals surface area contributed by atoms with Gasteiger partial charge in [-0.05, 0) is 35.4 Å². The van der Waals surface area contributed by atoms with Crippen LogP contribution in [0.2, 0.25) is 5.02 Å². The summed E-state index contributed by atoms with van der Waals surface area (Å²) in [5.41, 5.74) is -1.08. The number of carbonyl (C=O) groups is 1. The van der Waals surface area contributed by atoms with Crippen molar-refractivity contribution in [3.05, 3.63) is 94.5 Å². The van der Waals surface area contributed by atoms with Crippen LogP contribution in [-0.4, -0.2) is 30.1 Å². The fourth-order valence-corrected chi connectivity index (χ4v) is 3.70. The van der Waals surface area contributed by atoms with Crippen LogP contribution in [0.15, 0.2) is 66.9 Å². The minimum atomic E-state index is -4.90. The van der Waals surface area contributed by atoms with Gasteiger partial charge in [-0.25, -0.2) is 9.18 Å². The van der Waals surface area contributed by atoms with Crippen molar-refractivity contribution in [2.24, 2.45) is 0 Å². The molecule has 0 aliphatic carbocycles. The molecule has 2 N–H and O–H groups in total. The Bertz CT molecular complexity index is 1260. The molecule has 3 aromatic rings. The number of urea groups is 1. The van der Waals surface area contributed by atoms with Gasteiger partial charge >= 0.3 is 18.6 Å². The number of nitrogens with zero attached hydrogens (tertiary/aromatic N) is 2. The molecule has 2 amide bonds. The highest BCUT2D eigenvalue weighted by atomic mass is 35.5. The van der Waals surface area contributed by atoms with Crippen molar-refractivity contribution in [2.75, 3.05) is 6.54 Å². The van der Waals surface area contributed by atoms with Gasteiger partial charge in [0, 0.05) is 25.2 Å². The molecule has 0 aliphatic heterocycles. The van der Waals surface area contributed by atoms with Gasteiger partial charge in [0.15, 0.2) is 0 Å². The van der Waals surface area contributed by atoms with Crippen LogP contribution >= 0.6 is 11.6 Å². The first-order valence-electron chi connectivity index (χ1n) is 10.8. The molecule has 0 unspecified atom stereocenters. The van der Waals surface area contributed by atoms with Crippen LogP contribution in [0.25, 0.3) is 0 Å². The van der Waals surface area contributed by atoms with Crippen molar-refractivity contribution in [3.8, 4) is 11.8 Å². The molecule has 37 heavy (non-hydrogen) atoms. The van der Waals surface area contributed by atoms with Gasteiger partial charge in [0.25, 0.3) is 0 Å². The number of nitrogens with one attached hydrogen (secondary N) is 2. The van der Waals surface area contributed by atoms with Crippen LogP contribution in [0.3, 0.4) is 0 Å². The van der Waals surface area contributed by atoms with Gasteiger partial charge in [0.2, 0.25) is 0 Å². The Morgan fingerprint density at radius 2 is 1.86 bits per heavy atom. The van der Waals surface area contributed by atoms with E-state index in [1.54, 1.807) is 30.3 Å². The SMILES string of the molecule is N#CCCNC(=O)N[C@@](Cc1ccccc1)(c1cc(F)cc(OC(F)(F)C(F)F)c1)c1ccc(Cl)cn1. The fourth-order valence-electron chi connectivity index (χ4n) is 3.59. The maximum atomic E-state index is 14.7. The molecule has 194 valence electrons. The molecule has 0 radical (unpaired) electrons. The maximum Gasteiger partial charge on any atom is 0.461 e. The van der Waals surface area contributed by atoms with E-state index < -0.39 is 35.7 Å². The number of benzene rings is 2. The lowest BCUT2D eigenvalue weighted by atomic mass is 9.80. The number of halogens is 6. The minimum absolute atomic E-state index is 0.00103. The summed E-state index contributed by atoms with van der Waals surface area (Å²) in [5, 5.41) is 14.2. The lowest BCUT2D eigenvalue weighted by Crippen LogP contribution is -2.52. The van der Waals surface area contributed by atoms with E-state index in [1.807, 2.05) is 6.07 Å². The molecule has 2 aromatic carbocycles. The molecule has 0 fully saturated rings. The smallest absolute Gasteiger partial charge is 0.428 e. The Labute approximate surface area is 214 Å². The lowest BCUT2D eigenvalue weighted by molar-refractivity contribution is -0.253. The van der Waals surface area contributed by atoms with Crippen LogP contribution in [0, 0.1) is 17.1 Å². The number of carbonyl (C=O) groups excluding carboxylic acids is 1. The van der Waals surface area contributed by atoms with Crippen molar-refractivity contribution in [1.82, 2.24) is 15.6 Å². The number of alkyl halides is 4. The average molecular weight is 539 g/mol. The van der Waals surface area contributed by atoms with Gasteiger partial charge in [-0.3, -0.25) is 4.98 Å². The third-order valence-corrected chi connectivity index (χ3v) is 5.42. The molecule has 3 rings (SSSR count). The minimum Gasteiger partial charge on any atom is -0.428 e. The van der Waals surface area contributed by atoms with E-state index in [2.05, 4.69) is 20.4 Å². The number of pyridine rings is 1. The zero-order valence-electron chi connectivity index (χ0n) is 19.0. The number of nitriles is 1. The predicted molar refractivity (Wildman–Crippen MR) is 125 cm³/mol. The number of hydrogen-bond donors (Lipinski definition) is 2. The average Bonchev–Trinajstić information content (AvgIpc) is 2.84. The number of rotatable bonds is 10. The Kier molecular flexibility index (Phi) is 8.89. The van der Waals surface area contributed by atoms with Crippen molar-refractivity contribution >= 4 is 17.6 Å². The highest BCUT2D eigenvalue weighted by molar-refractivity contribution is 6.30. The van der Waals surface area contributed by atoms with E-state index >= 15 is 0 Å². The highest BCUT2D eigenvalue weighted by Gasteiger charge is 2.45. The van der Waals surface area contributed by atoms with Gasteiger partial charge in [-0.1, -0.05) is 41.9 Å². The summed E-state index contributed by atoms with van der Waals surface area (Å²) < 4.78 is 71.7. The standard InChI is InChI=1S/C25H20ClF5N4O2/c26-18-7-8-21(34-15-18)24(14-16-5-2-1-3-6-16,35-23(36)33-10-4-9-32)17-11-19(27)13-20(12-17)37-25(30,31)22(28)29/h1-3,5-8,11-13,15,22H,4,10,14H2,(H2,33,35,36)/t24-/m0/s1. The summed E-state index contributed by atoms with van der Waals surface area (Å²) in [7, 11) is 0. The Balaban J connectivity index is 2.21. The largest absolute Gasteiger partial charge is 0.461 e. The maximum absolute atomic E-state index is 14.7. The predicted octanol–water partition coefficient (Wildman–Crippen LogP) is 5.81. The second-order valence-corrected chi connectivity index (χ2v) is 8.29. The number of aromatic nitrogens is 1. The molecule has 0 spiro atoms. The number of hydrogen-bond acceptors (Lipinski definition) is 4. The summed E-state index contributed by atoms with van der Waals surface area (Å²) >= 11 is 5.98. The van der Waals surface area contributed by atoms with Crippen LogP contribution in [-0.2, 0) is 12.0 Å². The molecule has 1 aromatic heterocycles. The van der Waals surface area contributed by atoms with E-state index in [4.69, 9.17) is 16.9 Å². The highest BCUT2D eigenvalue weighted by Crippen LogP contribution is 2.37. The van der Waals surface area contributed by atoms with E-state index in [9.17, 15) is 26.7 Å². The summed E-state index contributed by atoms with van der Waals surface area (Å²) in [6.45, 7) is -0.0179. The van der Waals surface area contributed by atoms with Crippen molar-refractivity contribution < 1.29 is 31.5 Å². The molecule has 0 saturated heterocycles. The van der Waals surface area contributed by atoms with E-state index in [1.165, 1.54) is 18.3 Å². The van der Waals surface area contributed by atoms with Gasteiger partial charge in [0.1, 0.15) is 17.1 Å². The summed E-state index contributed by atoms with van der Waals surface area (Å²) in [4.78, 5) is 17.2. The normalized spacial score (nSPS) is 12.9. The first-order chi connectivity index (χ1) is 17.6. The molecule has 0 saturated carbocycles. The topological polar surface area (TPSA) is 87.0 Å². The molecule has 0 aliphatic rings.